The summed E-state index contributed by atoms with van der Waals surface area (Å²) in [4.78, 5) is 16.3. The van der Waals surface area contributed by atoms with E-state index in [0.717, 1.165) is 11.1 Å². The largest absolute Gasteiger partial charge is 0.444 e. The first-order valence-corrected chi connectivity index (χ1v) is 7.73. The van der Waals surface area contributed by atoms with Crippen molar-refractivity contribution in [1.82, 2.24) is 10.3 Å². The van der Waals surface area contributed by atoms with E-state index < -0.39 is 6.10 Å². The van der Waals surface area contributed by atoms with Crippen molar-refractivity contribution < 1.29 is 14.3 Å². The van der Waals surface area contributed by atoms with E-state index in [2.05, 4.69) is 10.3 Å². The Bertz CT molecular complexity index is 785. The Morgan fingerprint density at radius 3 is 2.46 bits per heavy atom. The van der Waals surface area contributed by atoms with Crippen LogP contribution in [0.15, 0.2) is 71.3 Å². The van der Waals surface area contributed by atoms with Crippen LogP contribution in [-0.2, 0) is 6.42 Å². The fraction of sp³-hybridized carbons (Fsp3) is 0.158. The number of nitrogens with zero attached hydrogens (tertiary/aromatic N) is 1. The molecule has 24 heavy (non-hydrogen) atoms. The third-order valence-electron chi connectivity index (χ3n) is 3.57. The van der Waals surface area contributed by atoms with Crippen molar-refractivity contribution >= 4 is 5.91 Å². The van der Waals surface area contributed by atoms with E-state index in [4.69, 9.17) is 4.42 Å². The van der Waals surface area contributed by atoms with Crippen LogP contribution in [0.5, 0.6) is 0 Å². The van der Waals surface area contributed by atoms with Crippen LogP contribution in [-0.4, -0.2) is 28.6 Å². The molecule has 3 aromatic rings. The number of aliphatic hydroxyl groups excluding tert-OH is 1. The van der Waals surface area contributed by atoms with Gasteiger partial charge in [0.15, 0.2) is 5.69 Å². The maximum absolute atomic E-state index is 12.1. The minimum atomic E-state index is -0.656. The SMILES string of the molecule is O=C(NCC(O)Cc1ccccc1)c1coc(-c2ccccc2)n1. The first-order valence-electron chi connectivity index (χ1n) is 7.73. The van der Waals surface area contributed by atoms with E-state index >= 15 is 0 Å². The molecule has 0 saturated carbocycles. The van der Waals surface area contributed by atoms with E-state index in [0.29, 0.717) is 12.3 Å². The highest BCUT2D eigenvalue weighted by atomic mass is 16.3. The lowest BCUT2D eigenvalue weighted by Crippen LogP contribution is -2.33. The van der Waals surface area contributed by atoms with Crippen molar-refractivity contribution in [2.45, 2.75) is 12.5 Å². The lowest BCUT2D eigenvalue weighted by Gasteiger charge is -2.11. The first-order chi connectivity index (χ1) is 11.7. The van der Waals surface area contributed by atoms with Gasteiger partial charge in [0, 0.05) is 18.5 Å². The summed E-state index contributed by atoms with van der Waals surface area (Å²) in [7, 11) is 0. The number of oxazole rings is 1. The van der Waals surface area contributed by atoms with Crippen molar-refractivity contribution in [1.29, 1.82) is 0 Å². The summed E-state index contributed by atoms with van der Waals surface area (Å²) in [5, 5.41) is 12.7. The standard InChI is InChI=1S/C19H18N2O3/c22-16(11-14-7-3-1-4-8-14)12-20-18(23)17-13-24-19(21-17)15-9-5-2-6-10-15/h1-10,13,16,22H,11-12H2,(H,20,23). The van der Waals surface area contributed by atoms with E-state index in [1.807, 2.05) is 60.7 Å². The Morgan fingerprint density at radius 1 is 1.08 bits per heavy atom. The van der Waals surface area contributed by atoms with Crippen LogP contribution in [0.25, 0.3) is 11.5 Å². The molecule has 1 unspecified atom stereocenters. The minimum Gasteiger partial charge on any atom is -0.444 e. The molecular formula is C19H18N2O3. The van der Waals surface area contributed by atoms with Gasteiger partial charge >= 0.3 is 0 Å². The van der Waals surface area contributed by atoms with Gasteiger partial charge in [-0.05, 0) is 17.7 Å². The predicted molar refractivity (Wildman–Crippen MR) is 90.4 cm³/mol. The second-order valence-electron chi connectivity index (χ2n) is 5.46. The second-order valence-corrected chi connectivity index (χ2v) is 5.46. The number of hydrogen-bond donors (Lipinski definition) is 2. The van der Waals surface area contributed by atoms with Crippen molar-refractivity contribution in [3.63, 3.8) is 0 Å². The van der Waals surface area contributed by atoms with Crippen LogP contribution in [0.4, 0.5) is 0 Å². The van der Waals surface area contributed by atoms with Crippen LogP contribution >= 0.6 is 0 Å². The van der Waals surface area contributed by atoms with Crippen LogP contribution < -0.4 is 5.32 Å². The molecule has 5 heteroatoms. The fourth-order valence-electron chi connectivity index (χ4n) is 2.35. The van der Waals surface area contributed by atoms with E-state index in [1.165, 1.54) is 6.26 Å². The van der Waals surface area contributed by atoms with E-state index in [1.54, 1.807) is 0 Å². The molecule has 0 aliphatic carbocycles. The monoisotopic (exact) mass is 322 g/mol. The molecular weight excluding hydrogens is 304 g/mol. The molecule has 1 amide bonds. The predicted octanol–water partition coefficient (Wildman–Crippen LogP) is 2.68. The number of aliphatic hydroxyl groups is 1. The van der Waals surface area contributed by atoms with Gasteiger partial charge in [-0.25, -0.2) is 4.98 Å². The quantitative estimate of drug-likeness (QED) is 0.731. The summed E-state index contributed by atoms with van der Waals surface area (Å²) in [5.41, 5.74) is 2.02. The molecule has 0 bridgehead atoms. The van der Waals surface area contributed by atoms with Crippen LogP contribution in [0, 0.1) is 0 Å². The molecule has 0 aliphatic rings. The molecule has 1 heterocycles. The second kappa shape index (κ2) is 7.57. The van der Waals surface area contributed by atoms with Gasteiger partial charge in [-0.3, -0.25) is 4.79 Å². The van der Waals surface area contributed by atoms with E-state index in [-0.39, 0.29) is 18.1 Å². The Hall–Kier alpha value is -2.92. The molecule has 5 nitrogen and oxygen atoms in total. The number of amides is 1. The maximum atomic E-state index is 12.1. The molecule has 0 saturated heterocycles. The summed E-state index contributed by atoms with van der Waals surface area (Å²) < 4.78 is 5.34. The lowest BCUT2D eigenvalue weighted by molar-refractivity contribution is 0.0911. The normalized spacial score (nSPS) is 11.9. The van der Waals surface area contributed by atoms with Crippen molar-refractivity contribution in [2.24, 2.45) is 0 Å². The highest BCUT2D eigenvalue weighted by molar-refractivity contribution is 5.92. The molecule has 0 fully saturated rings. The summed E-state index contributed by atoms with van der Waals surface area (Å²) in [5.74, 6) is 0.0265. The van der Waals surface area contributed by atoms with Crippen molar-refractivity contribution in [2.75, 3.05) is 6.54 Å². The topological polar surface area (TPSA) is 75.4 Å². The number of rotatable bonds is 6. The van der Waals surface area contributed by atoms with Crippen LogP contribution in [0.1, 0.15) is 16.1 Å². The fourth-order valence-corrected chi connectivity index (χ4v) is 2.35. The minimum absolute atomic E-state index is 0.154. The third kappa shape index (κ3) is 4.08. The first kappa shape index (κ1) is 16.0. The van der Waals surface area contributed by atoms with Gasteiger partial charge in [-0.1, -0.05) is 48.5 Å². The van der Waals surface area contributed by atoms with Crippen molar-refractivity contribution in [3.8, 4) is 11.5 Å². The number of benzene rings is 2. The number of carbonyl (C=O) groups is 1. The molecule has 0 spiro atoms. The van der Waals surface area contributed by atoms with Gasteiger partial charge in [-0.2, -0.15) is 0 Å². The molecule has 1 atom stereocenters. The summed E-state index contributed by atoms with van der Waals surface area (Å²) >= 11 is 0. The van der Waals surface area contributed by atoms with Gasteiger partial charge < -0.3 is 14.8 Å². The van der Waals surface area contributed by atoms with Crippen molar-refractivity contribution in [3.05, 3.63) is 78.2 Å². The van der Waals surface area contributed by atoms with Crippen LogP contribution in [0.3, 0.4) is 0 Å². The third-order valence-corrected chi connectivity index (χ3v) is 3.57. The van der Waals surface area contributed by atoms with Crippen LogP contribution in [0.2, 0.25) is 0 Å². The average Bonchev–Trinajstić information content (AvgIpc) is 3.11. The Balaban J connectivity index is 1.55. The lowest BCUT2D eigenvalue weighted by atomic mass is 10.1. The smallest absolute Gasteiger partial charge is 0.273 e. The molecule has 2 aromatic carbocycles. The molecule has 2 N–H and O–H groups in total. The molecule has 122 valence electrons. The molecule has 1 aromatic heterocycles. The molecule has 0 aliphatic heterocycles. The van der Waals surface area contributed by atoms with Gasteiger partial charge in [0.1, 0.15) is 6.26 Å². The zero-order valence-corrected chi connectivity index (χ0v) is 13.1. The van der Waals surface area contributed by atoms with Gasteiger partial charge in [0.05, 0.1) is 6.10 Å². The number of aromatic nitrogens is 1. The van der Waals surface area contributed by atoms with Gasteiger partial charge in [-0.15, -0.1) is 0 Å². The zero-order chi connectivity index (χ0) is 16.8. The number of hydrogen-bond acceptors (Lipinski definition) is 4. The Morgan fingerprint density at radius 2 is 1.75 bits per heavy atom. The Kier molecular flexibility index (Phi) is 5.03. The molecule has 0 radical (unpaired) electrons. The van der Waals surface area contributed by atoms with Gasteiger partial charge in [0.2, 0.25) is 5.89 Å². The zero-order valence-electron chi connectivity index (χ0n) is 13.1. The summed E-state index contributed by atoms with van der Waals surface area (Å²) in [6, 6.07) is 19.0. The highest BCUT2D eigenvalue weighted by Gasteiger charge is 2.14. The number of carbonyl (C=O) groups excluding carboxylic acids is 1. The summed E-state index contributed by atoms with van der Waals surface area (Å²) in [6.07, 6.45) is 1.15. The van der Waals surface area contributed by atoms with Gasteiger partial charge in [0.25, 0.3) is 5.91 Å². The Labute approximate surface area is 140 Å². The number of nitrogens with one attached hydrogen (secondary N) is 1. The maximum Gasteiger partial charge on any atom is 0.273 e. The highest BCUT2D eigenvalue weighted by Crippen LogP contribution is 2.17. The van der Waals surface area contributed by atoms with E-state index in [9.17, 15) is 9.90 Å². The summed E-state index contributed by atoms with van der Waals surface area (Å²) in [6.45, 7) is 0.154. The average molecular weight is 322 g/mol. The molecule has 3 rings (SSSR count).